The summed E-state index contributed by atoms with van der Waals surface area (Å²) in [5.41, 5.74) is 14.0. The second-order valence-electron chi connectivity index (χ2n) is 0.957. The van der Waals surface area contributed by atoms with E-state index in [1.54, 1.807) is 0 Å². The maximum atomic E-state index is 4.66. The molecule has 0 rings (SSSR count). The molecule has 0 aliphatic heterocycles. The minimum Gasteiger partial charge on any atom is -0.415 e. The Morgan fingerprint density at radius 3 is 0.692 bits per heavy atom. The molecule has 0 saturated carbocycles. The van der Waals surface area contributed by atoms with E-state index in [0.29, 0.717) is 0 Å². The van der Waals surface area contributed by atoms with Gasteiger partial charge in [0.25, 0.3) is 0 Å². The van der Waals surface area contributed by atoms with Crippen LogP contribution < -0.4 is 17.2 Å². The molecule has 6 N–H and O–H groups in total. The standard InChI is InChI=1S/3CH3NS2.Eu/c3*2-1(3)4;/h3*(H3,2,3,4);/q;;;+3/p-3. The van der Waals surface area contributed by atoms with Crippen LogP contribution in [0.3, 0.4) is 0 Å². The van der Waals surface area contributed by atoms with Gasteiger partial charge in [-0.2, -0.15) is 0 Å². The van der Waals surface area contributed by atoms with Gasteiger partial charge >= 0.3 is 49.4 Å². The van der Waals surface area contributed by atoms with Crippen molar-refractivity contribution in [2.24, 2.45) is 17.2 Å². The monoisotopic (exact) mass is 429 g/mol. The van der Waals surface area contributed by atoms with Crippen molar-refractivity contribution in [3.63, 3.8) is 0 Å². The van der Waals surface area contributed by atoms with Gasteiger partial charge in [0, 0.05) is 0 Å². The zero-order chi connectivity index (χ0) is 10.7. The van der Waals surface area contributed by atoms with Crippen molar-refractivity contribution in [1.82, 2.24) is 0 Å². The average molecular weight is 428 g/mol. The van der Waals surface area contributed by atoms with Gasteiger partial charge in [-0.3, -0.25) is 0 Å². The molecule has 0 radical (unpaired) electrons. The number of rotatable bonds is 0. The molecule has 0 aliphatic rings. The molecule has 10 heteroatoms. The molecule has 0 aromatic heterocycles. The zero-order valence-corrected chi connectivity index (χ0v) is 13.4. The maximum absolute atomic E-state index is 4.66. The summed E-state index contributed by atoms with van der Waals surface area (Å²) in [6, 6.07) is 0. The van der Waals surface area contributed by atoms with Crippen LogP contribution in [0.25, 0.3) is 0 Å². The van der Waals surface area contributed by atoms with E-state index in [9.17, 15) is 0 Å². The summed E-state index contributed by atoms with van der Waals surface area (Å²) >= 11 is 24.8. The predicted octanol–water partition coefficient (Wildman–Crippen LogP) is -0.669. The van der Waals surface area contributed by atoms with E-state index >= 15 is 0 Å². The summed E-state index contributed by atoms with van der Waals surface area (Å²) in [6.45, 7) is 0. The molecule has 0 saturated heterocycles. The van der Waals surface area contributed by atoms with E-state index in [1.807, 2.05) is 0 Å². The van der Waals surface area contributed by atoms with Crippen LogP contribution in [-0.4, -0.2) is 13.0 Å². The Balaban J connectivity index is -0.0000000450. The van der Waals surface area contributed by atoms with Crippen LogP contribution in [-0.2, 0) is 37.9 Å². The molecule has 0 bridgehead atoms. The van der Waals surface area contributed by atoms with Gasteiger partial charge in [0.15, 0.2) is 0 Å². The van der Waals surface area contributed by atoms with Crippen LogP contribution >= 0.6 is 36.7 Å². The van der Waals surface area contributed by atoms with Crippen molar-refractivity contribution < 1.29 is 49.4 Å². The summed E-state index contributed by atoms with van der Waals surface area (Å²) in [7, 11) is 0. The van der Waals surface area contributed by atoms with Crippen molar-refractivity contribution in [2.45, 2.75) is 0 Å². The number of hydrogen-bond donors (Lipinski definition) is 3. The topological polar surface area (TPSA) is 78.1 Å². The smallest absolute Gasteiger partial charge is 0.415 e. The Kier molecular flexibility index (Phi) is 36.3. The third-order valence-electron chi connectivity index (χ3n) is 0. The molecule has 0 fully saturated rings. The van der Waals surface area contributed by atoms with Crippen LogP contribution in [0, 0.1) is 49.4 Å². The minimum atomic E-state index is 0. The van der Waals surface area contributed by atoms with E-state index in [0.717, 1.165) is 0 Å². The average Bonchev–Trinajstić information content (AvgIpc) is 1.54. The van der Waals surface area contributed by atoms with Gasteiger partial charge in [0.05, 0.1) is 0 Å². The van der Waals surface area contributed by atoms with Crippen molar-refractivity contribution >= 4 is 87.5 Å². The van der Waals surface area contributed by atoms with Gasteiger partial charge in [0.1, 0.15) is 0 Å². The zero-order valence-electron chi connectivity index (χ0n) is 6.06. The van der Waals surface area contributed by atoms with Crippen LogP contribution in [0.2, 0.25) is 0 Å². The molecule has 0 spiro atoms. The van der Waals surface area contributed by atoms with E-state index < -0.39 is 0 Å². The van der Waals surface area contributed by atoms with E-state index in [1.165, 1.54) is 0 Å². The fourth-order valence-corrected chi connectivity index (χ4v) is 0. The molecule has 0 amide bonds. The third-order valence-corrected chi connectivity index (χ3v) is 0. The minimum absolute atomic E-state index is 0. The van der Waals surface area contributed by atoms with E-state index in [4.69, 9.17) is 0 Å². The predicted molar refractivity (Wildman–Crippen MR) is 72.5 cm³/mol. The molecule has 0 heterocycles. The Hall–Kier alpha value is 1.91. The van der Waals surface area contributed by atoms with Gasteiger partial charge in [-0.05, 0) is 0 Å². The van der Waals surface area contributed by atoms with Crippen molar-refractivity contribution in [3.8, 4) is 0 Å². The first-order chi connectivity index (χ1) is 5.20. The molecule has 76 valence electrons. The molecule has 3 nitrogen and oxygen atoms in total. The molecular formula is C3H6EuN3S6. The number of thiocarbonyl (C=S) groups is 3. The molecular weight excluding hydrogens is 422 g/mol. The molecule has 0 atom stereocenters. The second-order valence-corrected chi connectivity index (χ2v) is 4.37. The summed E-state index contributed by atoms with van der Waals surface area (Å²) in [6.07, 6.45) is 0. The van der Waals surface area contributed by atoms with Gasteiger partial charge < -0.3 is 91.7 Å². The summed E-state index contributed by atoms with van der Waals surface area (Å²) in [4.78, 5) is 0. The summed E-state index contributed by atoms with van der Waals surface area (Å²) in [5, 5.41) is 0. The van der Waals surface area contributed by atoms with Gasteiger partial charge in [-0.1, -0.05) is 13.0 Å². The number of hydrogen-bond acceptors (Lipinski definition) is 6. The van der Waals surface area contributed by atoms with Crippen molar-refractivity contribution in [3.05, 3.63) is 0 Å². The first-order valence-electron chi connectivity index (χ1n) is 2.09. The van der Waals surface area contributed by atoms with E-state index in [2.05, 4.69) is 91.7 Å². The largest absolute Gasteiger partial charge is 3.00 e. The normalized spacial score (nSPS) is 5.54. The second kappa shape index (κ2) is 19.5. The number of nitrogens with two attached hydrogens (primary N) is 3. The first kappa shape index (κ1) is 24.2. The Bertz CT molecular complexity index is 121. The van der Waals surface area contributed by atoms with Crippen molar-refractivity contribution in [1.29, 1.82) is 0 Å². The quantitative estimate of drug-likeness (QED) is 0.344. The molecule has 0 aromatic rings. The SMILES string of the molecule is NC(=S)[S-].NC(=S)[S-].NC(=S)[S-].[Eu+3]. The third kappa shape index (κ3) is 539. The summed E-state index contributed by atoms with van der Waals surface area (Å²) in [5.74, 6) is 0. The van der Waals surface area contributed by atoms with Crippen molar-refractivity contribution in [2.75, 3.05) is 0 Å². The molecule has 0 aliphatic carbocycles. The van der Waals surface area contributed by atoms with Crippen LogP contribution in [0.4, 0.5) is 0 Å². The molecule has 0 aromatic carbocycles. The fraction of sp³-hybridized carbons (Fsp3) is 0. The van der Waals surface area contributed by atoms with Gasteiger partial charge in [0.2, 0.25) is 0 Å². The Morgan fingerprint density at radius 2 is 0.692 bits per heavy atom. The van der Waals surface area contributed by atoms with Crippen LogP contribution in [0.5, 0.6) is 0 Å². The maximum Gasteiger partial charge on any atom is 3.00 e. The first-order valence-corrected chi connectivity index (χ1v) is 4.54. The molecule has 0 unspecified atom stereocenters. The molecule has 13 heavy (non-hydrogen) atoms. The van der Waals surface area contributed by atoms with Gasteiger partial charge in [-0.25, -0.2) is 0 Å². The Morgan fingerprint density at radius 1 is 0.692 bits per heavy atom. The van der Waals surface area contributed by atoms with E-state index in [-0.39, 0.29) is 62.3 Å². The Labute approximate surface area is 151 Å². The fourth-order valence-electron chi connectivity index (χ4n) is 0. The van der Waals surface area contributed by atoms with Crippen LogP contribution in [0.15, 0.2) is 0 Å². The van der Waals surface area contributed by atoms with Gasteiger partial charge in [-0.15, -0.1) is 0 Å². The van der Waals surface area contributed by atoms with Crippen LogP contribution in [0.1, 0.15) is 0 Å². The summed E-state index contributed by atoms with van der Waals surface area (Å²) < 4.78 is 0.250.